The maximum absolute atomic E-state index is 10.8. The number of hydrogen-bond acceptors (Lipinski definition) is 7. The molecule has 1 saturated heterocycles. The fourth-order valence-corrected chi connectivity index (χ4v) is 2.12. The van der Waals surface area contributed by atoms with Crippen molar-refractivity contribution < 1.29 is 29.6 Å². The second kappa shape index (κ2) is 5.95. The van der Waals surface area contributed by atoms with Gasteiger partial charge in [-0.2, -0.15) is 0 Å². The number of rotatable bonds is 3. The summed E-state index contributed by atoms with van der Waals surface area (Å²) in [5.74, 6) is 0.208. The van der Waals surface area contributed by atoms with Crippen molar-refractivity contribution in [2.24, 2.45) is 0 Å². The number of aliphatic hydroxyl groups excluding tert-OH is 3. The third kappa shape index (κ3) is 3.16. The summed E-state index contributed by atoms with van der Waals surface area (Å²) >= 11 is 0.985. The van der Waals surface area contributed by atoms with Gasteiger partial charge in [-0.25, -0.2) is 0 Å². The molecule has 6 nitrogen and oxygen atoms in total. The molecule has 7 heteroatoms. The lowest BCUT2D eigenvalue weighted by Gasteiger charge is -2.39. The van der Waals surface area contributed by atoms with Crippen LogP contribution in [0.5, 0.6) is 0 Å². The highest BCUT2D eigenvalue weighted by molar-refractivity contribution is 8.13. The Hall–Kier alpha value is -0.180. The Morgan fingerprint density at radius 2 is 1.94 bits per heavy atom. The first-order valence-electron chi connectivity index (χ1n) is 4.83. The van der Waals surface area contributed by atoms with E-state index in [1.54, 1.807) is 0 Å². The van der Waals surface area contributed by atoms with Crippen LogP contribution in [0.25, 0.3) is 0 Å². The topological polar surface area (TPSA) is 96.2 Å². The van der Waals surface area contributed by atoms with Crippen molar-refractivity contribution in [3.8, 4) is 0 Å². The van der Waals surface area contributed by atoms with Crippen LogP contribution in [0.1, 0.15) is 6.92 Å². The third-order valence-electron chi connectivity index (χ3n) is 2.35. The first-order valence-corrected chi connectivity index (χ1v) is 5.81. The molecule has 1 fully saturated rings. The lowest BCUT2D eigenvalue weighted by atomic mass is 10.00. The fraction of sp³-hybridized carbons (Fsp3) is 0.889. The highest BCUT2D eigenvalue weighted by atomic mass is 32.2. The summed E-state index contributed by atoms with van der Waals surface area (Å²) in [5.41, 5.74) is 0. The summed E-state index contributed by atoms with van der Waals surface area (Å²) in [4.78, 5) is 10.8. The van der Waals surface area contributed by atoms with Crippen molar-refractivity contribution in [1.29, 1.82) is 0 Å². The van der Waals surface area contributed by atoms with Gasteiger partial charge in [0.15, 0.2) is 11.4 Å². The summed E-state index contributed by atoms with van der Waals surface area (Å²) < 4.78 is 10.0. The van der Waals surface area contributed by atoms with Gasteiger partial charge >= 0.3 is 0 Å². The van der Waals surface area contributed by atoms with Gasteiger partial charge in [-0.05, 0) is 0 Å². The van der Waals surface area contributed by atoms with Crippen molar-refractivity contribution in [1.82, 2.24) is 0 Å². The molecule has 0 aromatic heterocycles. The number of methoxy groups -OCH3 is 1. The van der Waals surface area contributed by atoms with Crippen LogP contribution in [0, 0.1) is 0 Å². The number of ether oxygens (including phenoxy) is 2. The largest absolute Gasteiger partial charge is 0.388 e. The van der Waals surface area contributed by atoms with E-state index in [-0.39, 0.29) is 10.9 Å². The fourth-order valence-electron chi connectivity index (χ4n) is 1.45. The molecule has 0 aromatic carbocycles. The van der Waals surface area contributed by atoms with Crippen LogP contribution in [0.3, 0.4) is 0 Å². The van der Waals surface area contributed by atoms with Gasteiger partial charge < -0.3 is 24.8 Å². The van der Waals surface area contributed by atoms with Gasteiger partial charge in [-0.1, -0.05) is 11.8 Å². The summed E-state index contributed by atoms with van der Waals surface area (Å²) in [7, 11) is 1.33. The van der Waals surface area contributed by atoms with Crippen molar-refractivity contribution in [2.45, 2.75) is 37.6 Å². The van der Waals surface area contributed by atoms with Crippen molar-refractivity contribution >= 4 is 16.9 Å². The lowest BCUT2D eigenvalue weighted by molar-refractivity contribution is -0.284. The molecule has 94 valence electrons. The second-order valence-corrected chi connectivity index (χ2v) is 4.75. The minimum atomic E-state index is -1.34. The minimum absolute atomic E-state index is 0.106. The molecule has 0 aromatic rings. The van der Waals surface area contributed by atoms with E-state index >= 15 is 0 Å². The molecule has 3 N–H and O–H groups in total. The Balaban J connectivity index is 2.60. The summed E-state index contributed by atoms with van der Waals surface area (Å²) in [6.07, 6.45) is -5.59. The number of thioether (sulfide) groups is 1. The molecule has 1 aliphatic rings. The quantitative estimate of drug-likeness (QED) is 0.575. The molecule has 5 atom stereocenters. The van der Waals surface area contributed by atoms with Crippen LogP contribution in [0.4, 0.5) is 0 Å². The molecule has 2 unspecified atom stereocenters. The number of carbonyl (C=O) groups excluding carboxylic acids is 1. The van der Waals surface area contributed by atoms with Crippen molar-refractivity contribution in [3.63, 3.8) is 0 Å². The van der Waals surface area contributed by atoms with E-state index in [1.165, 1.54) is 14.0 Å². The number of hydrogen-bond donors (Lipinski definition) is 3. The summed E-state index contributed by atoms with van der Waals surface area (Å²) in [6.45, 7) is 1.40. The predicted octanol–water partition coefficient (Wildman–Crippen LogP) is -1.28. The van der Waals surface area contributed by atoms with Crippen LogP contribution in [-0.4, -0.2) is 64.0 Å². The molecule has 16 heavy (non-hydrogen) atoms. The van der Waals surface area contributed by atoms with Crippen molar-refractivity contribution in [2.75, 3.05) is 12.9 Å². The molecular formula is C9H16O6S. The molecular weight excluding hydrogens is 236 g/mol. The van der Waals surface area contributed by atoms with E-state index in [0.29, 0.717) is 0 Å². The Bertz CT molecular complexity index is 246. The zero-order valence-electron chi connectivity index (χ0n) is 9.07. The summed E-state index contributed by atoms with van der Waals surface area (Å²) in [5, 5.41) is 28.5. The molecule has 0 radical (unpaired) electrons. The van der Waals surface area contributed by atoms with Crippen LogP contribution in [-0.2, 0) is 14.3 Å². The second-order valence-electron chi connectivity index (χ2n) is 3.55. The number of carbonyl (C=O) groups is 1. The zero-order valence-corrected chi connectivity index (χ0v) is 9.88. The van der Waals surface area contributed by atoms with Gasteiger partial charge in [-0.3, -0.25) is 4.79 Å². The van der Waals surface area contributed by atoms with Gasteiger partial charge in [0.2, 0.25) is 0 Å². The third-order valence-corrected chi connectivity index (χ3v) is 3.25. The molecule has 0 bridgehead atoms. The molecule has 1 rings (SSSR count). The van der Waals surface area contributed by atoms with Gasteiger partial charge in [0.1, 0.15) is 18.3 Å². The van der Waals surface area contributed by atoms with E-state index in [2.05, 4.69) is 0 Å². The van der Waals surface area contributed by atoms with E-state index in [0.717, 1.165) is 11.8 Å². The monoisotopic (exact) mass is 252 g/mol. The average Bonchev–Trinajstić information content (AvgIpc) is 2.25. The van der Waals surface area contributed by atoms with Gasteiger partial charge in [0.25, 0.3) is 0 Å². The van der Waals surface area contributed by atoms with Crippen LogP contribution in [0.2, 0.25) is 0 Å². The standard InChI is InChI=1S/C9H16O6S/c1-4(10)16-3-5-6(11)7(12)8(13)9(14-2)15-5/h5-9,11-13H,3H2,1-2H3/t5?,6-,7?,8+,9-/m1/s1. The first-order chi connectivity index (χ1) is 7.47. The smallest absolute Gasteiger partial charge is 0.186 e. The Kier molecular flexibility index (Phi) is 5.16. The maximum Gasteiger partial charge on any atom is 0.186 e. The molecule has 1 aliphatic heterocycles. The Labute approximate surface area is 97.5 Å². The lowest BCUT2D eigenvalue weighted by Crippen LogP contribution is -2.58. The molecule has 0 spiro atoms. The summed E-state index contributed by atoms with van der Waals surface area (Å²) in [6, 6.07) is 0. The zero-order chi connectivity index (χ0) is 12.3. The number of aliphatic hydroxyl groups is 3. The maximum atomic E-state index is 10.8. The van der Waals surface area contributed by atoms with Gasteiger partial charge in [-0.15, -0.1) is 0 Å². The molecule has 0 amide bonds. The average molecular weight is 252 g/mol. The minimum Gasteiger partial charge on any atom is -0.388 e. The Morgan fingerprint density at radius 1 is 1.31 bits per heavy atom. The normalized spacial score (nSPS) is 39.7. The first kappa shape index (κ1) is 13.9. The van der Waals surface area contributed by atoms with Crippen molar-refractivity contribution in [3.05, 3.63) is 0 Å². The van der Waals surface area contributed by atoms with E-state index < -0.39 is 30.7 Å². The van der Waals surface area contributed by atoms with E-state index in [1.807, 2.05) is 0 Å². The Morgan fingerprint density at radius 3 is 2.44 bits per heavy atom. The SMILES string of the molecule is CO[C@@H]1OC(CSC(C)=O)[C@@H](O)C(O)[C@@H]1O. The predicted molar refractivity (Wildman–Crippen MR) is 56.8 cm³/mol. The molecule has 0 aliphatic carbocycles. The van der Waals surface area contributed by atoms with E-state index in [4.69, 9.17) is 9.47 Å². The van der Waals surface area contributed by atoms with Gasteiger partial charge in [0, 0.05) is 19.8 Å². The van der Waals surface area contributed by atoms with Gasteiger partial charge in [0.05, 0.1) is 6.10 Å². The van der Waals surface area contributed by atoms with Crippen LogP contribution < -0.4 is 0 Å². The molecule has 0 saturated carbocycles. The van der Waals surface area contributed by atoms with Crippen LogP contribution in [0.15, 0.2) is 0 Å². The highest BCUT2D eigenvalue weighted by Gasteiger charge is 2.43. The molecule has 1 heterocycles. The van der Waals surface area contributed by atoms with Crippen LogP contribution >= 0.6 is 11.8 Å². The highest BCUT2D eigenvalue weighted by Crippen LogP contribution is 2.24. The van der Waals surface area contributed by atoms with E-state index in [9.17, 15) is 20.1 Å².